The zero-order valence-electron chi connectivity index (χ0n) is 32.2. The topological polar surface area (TPSA) is 89.7 Å². The van der Waals surface area contributed by atoms with Gasteiger partial charge in [0.05, 0.1) is 37.9 Å². The zero-order chi connectivity index (χ0) is 35.2. The van der Waals surface area contributed by atoms with Crippen molar-refractivity contribution in [3.8, 4) is 0 Å². The van der Waals surface area contributed by atoms with Crippen molar-refractivity contribution in [2.24, 2.45) is 62.6 Å². The molecule has 1 N–H and O–H groups in total. The lowest BCUT2D eigenvalue weighted by atomic mass is 9.34. The van der Waals surface area contributed by atoms with Gasteiger partial charge in [-0.25, -0.2) is 9.67 Å². The number of ether oxygens (including phenoxy) is 2. The maximum Gasteiger partial charge on any atom is 0.307 e. The van der Waals surface area contributed by atoms with E-state index in [1.54, 1.807) is 11.9 Å². The average molecular weight is 667 g/mol. The van der Waals surface area contributed by atoms with Crippen LogP contribution in [0.4, 0.5) is 0 Å². The average Bonchev–Trinajstić information content (AvgIpc) is 3.55. The van der Waals surface area contributed by atoms with Gasteiger partial charge >= 0.3 is 5.97 Å². The Morgan fingerprint density at radius 3 is 2.40 bits per heavy atom. The summed E-state index contributed by atoms with van der Waals surface area (Å²) in [5.41, 5.74) is 0.426. The molecule has 1 aromatic rings. The van der Waals surface area contributed by atoms with Crippen molar-refractivity contribution in [1.29, 1.82) is 0 Å². The van der Waals surface area contributed by atoms with Crippen molar-refractivity contribution < 1.29 is 19.4 Å². The summed E-state index contributed by atoms with van der Waals surface area (Å²) in [6, 6.07) is 0.0327. The minimum atomic E-state index is -0.606. The lowest BCUT2D eigenvalue weighted by Crippen LogP contribution is -2.69. The molecule has 12 atom stereocenters. The van der Waals surface area contributed by atoms with Crippen LogP contribution in [0, 0.1) is 62.6 Å². The minimum Gasteiger partial charge on any atom is -0.481 e. The SMILES string of the molecule is CC(C)[C@@H](C)[C@@]1(C)CC[C@]2(C)[C@H]3CC[C@@H]4[C@@]5(COC[C@@]4(C)[C@@H](OC[C@](C)(C(C)C)N(C)C)[C@H](n4cncn4)C5)C3=CC[C@@]2(C)[C@@H]1C(=O)O. The van der Waals surface area contributed by atoms with Gasteiger partial charge in [-0.05, 0) is 105 Å². The van der Waals surface area contributed by atoms with Crippen molar-refractivity contribution in [1.82, 2.24) is 19.7 Å². The number of rotatable bonds is 9. The summed E-state index contributed by atoms with van der Waals surface area (Å²) >= 11 is 0. The van der Waals surface area contributed by atoms with Crippen LogP contribution in [0.2, 0.25) is 0 Å². The second-order valence-corrected chi connectivity index (χ2v) is 19.1. The Labute approximate surface area is 290 Å². The van der Waals surface area contributed by atoms with Crippen molar-refractivity contribution in [3.63, 3.8) is 0 Å². The van der Waals surface area contributed by atoms with Crippen LogP contribution in [0.5, 0.6) is 0 Å². The first-order valence-corrected chi connectivity index (χ1v) is 19.0. The fraction of sp³-hybridized carbons (Fsp3) is 0.875. The molecular weight excluding hydrogens is 600 g/mol. The molecule has 48 heavy (non-hydrogen) atoms. The predicted molar refractivity (Wildman–Crippen MR) is 189 cm³/mol. The molecule has 2 bridgehead atoms. The summed E-state index contributed by atoms with van der Waals surface area (Å²) in [6.45, 7) is 25.3. The van der Waals surface area contributed by atoms with E-state index >= 15 is 0 Å². The third-order valence-corrected chi connectivity index (χ3v) is 16.7. The first kappa shape index (κ1) is 36.0. The highest BCUT2D eigenvalue weighted by atomic mass is 16.5. The Bertz CT molecular complexity index is 1380. The number of aliphatic carboxylic acids is 1. The molecule has 1 saturated heterocycles. The number of hydrogen-bond donors (Lipinski definition) is 1. The zero-order valence-corrected chi connectivity index (χ0v) is 32.2. The molecule has 4 fully saturated rings. The van der Waals surface area contributed by atoms with Crippen LogP contribution in [0.3, 0.4) is 0 Å². The van der Waals surface area contributed by atoms with E-state index in [1.165, 1.54) is 0 Å². The molecule has 270 valence electrons. The van der Waals surface area contributed by atoms with Gasteiger partial charge in [-0.2, -0.15) is 5.10 Å². The van der Waals surface area contributed by atoms with Gasteiger partial charge in [-0.15, -0.1) is 0 Å². The molecule has 2 heterocycles. The number of carboxylic acid groups (broad SMARTS) is 1. The largest absolute Gasteiger partial charge is 0.481 e. The first-order valence-electron chi connectivity index (χ1n) is 19.0. The Morgan fingerprint density at radius 2 is 1.81 bits per heavy atom. The van der Waals surface area contributed by atoms with E-state index in [4.69, 9.17) is 14.6 Å². The summed E-state index contributed by atoms with van der Waals surface area (Å²) in [6.07, 6.45) is 12.0. The maximum atomic E-state index is 13.5. The molecule has 1 aliphatic heterocycles. The van der Waals surface area contributed by atoms with Gasteiger partial charge in [0.2, 0.25) is 0 Å². The van der Waals surface area contributed by atoms with Gasteiger partial charge in [0.15, 0.2) is 0 Å². The summed E-state index contributed by atoms with van der Waals surface area (Å²) in [5.74, 6) is 0.958. The van der Waals surface area contributed by atoms with E-state index in [0.29, 0.717) is 49.4 Å². The van der Waals surface area contributed by atoms with E-state index < -0.39 is 5.97 Å². The molecule has 8 heteroatoms. The fourth-order valence-corrected chi connectivity index (χ4v) is 12.6. The number of carboxylic acids is 1. The minimum absolute atomic E-state index is 0.0327. The van der Waals surface area contributed by atoms with E-state index in [0.717, 1.165) is 38.5 Å². The summed E-state index contributed by atoms with van der Waals surface area (Å²) in [5, 5.41) is 15.8. The Morgan fingerprint density at radius 1 is 1.10 bits per heavy atom. The highest BCUT2D eigenvalue weighted by Crippen LogP contribution is 2.75. The molecule has 0 spiro atoms. The van der Waals surface area contributed by atoms with Crippen LogP contribution >= 0.6 is 0 Å². The Kier molecular flexibility index (Phi) is 8.93. The number of aromatic nitrogens is 3. The van der Waals surface area contributed by atoms with Gasteiger partial charge < -0.3 is 19.5 Å². The second-order valence-electron chi connectivity index (χ2n) is 19.1. The molecule has 8 nitrogen and oxygen atoms in total. The lowest BCUT2D eigenvalue weighted by molar-refractivity contribution is -0.255. The number of likely N-dealkylation sites (N-methyl/N-ethyl adjacent to an activating group) is 1. The van der Waals surface area contributed by atoms with Crippen LogP contribution in [-0.2, 0) is 14.3 Å². The number of hydrogen-bond acceptors (Lipinski definition) is 6. The van der Waals surface area contributed by atoms with Gasteiger partial charge in [-0.3, -0.25) is 4.79 Å². The molecular formula is C40H66N4O4. The van der Waals surface area contributed by atoms with Crippen LogP contribution in [0.15, 0.2) is 24.3 Å². The molecule has 0 amide bonds. The van der Waals surface area contributed by atoms with E-state index in [9.17, 15) is 9.90 Å². The Balaban J connectivity index is 1.43. The molecule has 0 unspecified atom stereocenters. The normalized spacial score (nSPS) is 44.4. The van der Waals surface area contributed by atoms with Gasteiger partial charge in [0.1, 0.15) is 12.7 Å². The van der Waals surface area contributed by atoms with Crippen LogP contribution < -0.4 is 0 Å². The summed E-state index contributed by atoms with van der Waals surface area (Å²) in [4.78, 5) is 20.2. The van der Waals surface area contributed by atoms with Crippen molar-refractivity contribution >= 4 is 5.97 Å². The number of nitrogens with zero attached hydrogens (tertiary/aromatic N) is 4. The monoisotopic (exact) mass is 667 g/mol. The third-order valence-electron chi connectivity index (χ3n) is 16.7. The molecule has 0 radical (unpaired) electrons. The quantitative estimate of drug-likeness (QED) is 0.270. The number of allylic oxidation sites excluding steroid dienone is 1. The van der Waals surface area contributed by atoms with E-state index in [1.807, 2.05) is 6.33 Å². The van der Waals surface area contributed by atoms with Crippen LogP contribution in [0.25, 0.3) is 0 Å². The number of fused-ring (bicyclic) bond motifs is 3. The molecule has 0 aromatic carbocycles. The highest BCUT2D eigenvalue weighted by molar-refractivity contribution is 5.73. The number of carbonyl (C=O) groups is 1. The van der Waals surface area contributed by atoms with Crippen molar-refractivity contribution in [2.45, 2.75) is 125 Å². The predicted octanol–water partition coefficient (Wildman–Crippen LogP) is 7.77. The first-order chi connectivity index (χ1) is 22.3. The van der Waals surface area contributed by atoms with E-state index in [-0.39, 0.29) is 50.7 Å². The van der Waals surface area contributed by atoms with Gasteiger partial charge in [0, 0.05) is 16.4 Å². The van der Waals surface area contributed by atoms with Gasteiger partial charge in [0.25, 0.3) is 0 Å². The van der Waals surface area contributed by atoms with Gasteiger partial charge in [-0.1, -0.05) is 74.0 Å². The molecule has 4 aliphatic carbocycles. The molecule has 5 aliphatic rings. The molecule has 6 rings (SSSR count). The lowest BCUT2D eigenvalue weighted by Gasteiger charge is -2.71. The molecule has 1 aromatic heterocycles. The maximum absolute atomic E-state index is 13.5. The van der Waals surface area contributed by atoms with Crippen molar-refractivity contribution in [2.75, 3.05) is 33.9 Å². The van der Waals surface area contributed by atoms with Crippen LogP contribution in [0.1, 0.15) is 114 Å². The highest BCUT2D eigenvalue weighted by Gasteiger charge is 2.72. The Hall–Kier alpha value is -1.77. The fourth-order valence-electron chi connectivity index (χ4n) is 12.6. The summed E-state index contributed by atoms with van der Waals surface area (Å²) < 4.78 is 16.0. The second kappa shape index (κ2) is 11.9. The third kappa shape index (κ3) is 4.80. The van der Waals surface area contributed by atoms with Crippen LogP contribution in [-0.4, -0.2) is 76.3 Å². The van der Waals surface area contributed by atoms with Crippen molar-refractivity contribution in [3.05, 3.63) is 24.3 Å². The summed E-state index contributed by atoms with van der Waals surface area (Å²) in [7, 11) is 4.32. The van der Waals surface area contributed by atoms with E-state index in [2.05, 4.69) is 104 Å². The standard InChI is InChI=1S/C40H66N4O4/c1-25(2)27(5)35(6)17-18-37(8)28-13-14-31-36(7)20-47-22-40(31,29(28)15-16-38(37,9)32(35)34(45)46)19-30(44-24-41-23-42-44)33(36)48-21-39(10,26(3)4)43(11)12/h15,23-28,30-33H,13-14,16-22H2,1-12H3,(H,45,46)/t27-,28+,30-,31+,32-,33+,35-,36-,37-,38+,39-,40+/m1/s1. The molecule has 3 saturated carbocycles. The smallest absolute Gasteiger partial charge is 0.307 e.